The standard InChI is InChI=1S/C14H21NO2/c1-16-14-6-4-12(5-7-14)8-10-17-11-13-3-2-9-15-13/h4-7,13,15H,2-3,8-11H2,1H3. The van der Waals surface area contributed by atoms with Crippen LogP contribution in [-0.4, -0.2) is 32.9 Å². The van der Waals surface area contributed by atoms with Gasteiger partial charge < -0.3 is 14.8 Å². The van der Waals surface area contributed by atoms with E-state index >= 15 is 0 Å². The van der Waals surface area contributed by atoms with Gasteiger partial charge in [-0.3, -0.25) is 0 Å². The molecule has 1 fully saturated rings. The summed E-state index contributed by atoms with van der Waals surface area (Å²) in [4.78, 5) is 0. The highest BCUT2D eigenvalue weighted by atomic mass is 16.5. The van der Waals surface area contributed by atoms with Crippen LogP contribution in [0.15, 0.2) is 24.3 Å². The van der Waals surface area contributed by atoms with E-state index in [0.29, 0.717) is 6.04 Å². The van der Waals surface area contributed by atoms with E-state index in [9.17, 15) is 0 Å². The van der Waals surface area contributed by atoms with Gasteiger partial charge in [0.15, 0.2) is 0 Å². The summed E-state index contributed by atoms with van der Waals surface area (Å²) in [7, 11) is 1.69. The van der Waals surface area contributed by atoms with E-state index in [2.05, 4.69) is 17.4 Å². The van der Waals surface area contributed by atoms with E-state index < -0.39 is 0 Å². The van der Waals surface area contributed by atoms with Crippen molar-refractivity contribution in [3.8, 4) is 5.75 Å². The van der Waals surface area contributed by atoms with Gasteiger partial charge in [0, 0.05) is 6.04 Å². The lowest BCUT2D eigenvalue weighted by atomic mass is 10.1. The average molecular weight is 235 g/mol. The largest absolute Gasteiger partial charge is 0.497 e. The van der Waals surface area contributed by atoms with Crippen LogP contribution >= 0.6 is 0 Å². The molecule has 1 heterocycles. The lowest BCUT2D eigenvalue weighted by molar-refractivity contribution is 0.119. The third-order valence-electron chi connectivity index (χ3n) is 3.18. The molecule has 94 valence electrons. The van der Waals surface area contributed by atoms with Crippen molar-refractivity contribution < 1.29 is 9.47 Å². The Kier molecular flexibility index (Phi) is 4.83. The minimum atomic E-state index is 0.575. The number of nitrogens with one attached hydrogen (secondary N) is 1. The zero-order valence-corrected chi connectivity index (χ0v) is 10.4. The molecule has 1 saturated heterocycles. The second-order valence-electron chi connectivity index (χ2n) is 4.47. The van der Waals surface area contributed by atoms with Crippen molar-refractivity contribution in [3.63, 3.8) is 0 Å². The van der Waals surface area contributed by atoms with Crippen molar-refractivity contribution in [3.05, 3.63) is 29.8 Å². The Bertz CT molecular complexity index is 317. The molecule has 1 aliphatic heterocycles. The maximum Gasteiger partial charge on any atom is 0.118 e. The quantitative estimate of drug-likeness (QED) is 0.765. The van der Waals surface area contributed by atoms with Crippen molar-refractivity contribution in [1.29, 1.82) is 0 Å². The van der Waals surface area contributed by atoms with Crippen molar-refractivity contribution in [2.24, 2.45) is 0 Å². The molecule has 0 bridgehead atoms. The van der Waals surface area contributed by atoms with Crippen molar-refractivity contribution >= 4 is 0 Å². The van der Waals surface area contributed by atoms with E-state index in [4.69, 9.17) is 9.47 Å². The number of benzene rings is 1. The van der Waals surface area contributed by atoms with Gasteiger partial charge in [0.25, 0.3) is 0 Å². The molecule has 1 aromatic carbocycles. The lowest BCUT2D eigenvalue weighted by Gasteiger charge is -2.10. The first kappa shape index (κ1) is 12.4. The molecule has 1 aromatic rings. The monoisotopic (exact) mass is 235 g/mol. The molecule has 1 atom stereocenters. The van der Waals surface area contributed by atoms with Gasteiger partial charge in [-0.2, -0.15) is 0 Å². The topological polar surface area (TPSA) is 30.5 Å². The van der Waals surface area contributed by atoms with Crippen LogP contribution in [0.3, 0.4) is 0 Å². The maximum atomic E-state index is 5.68. The Balaban J connectivity index is 1.63. The van der Waals surface area contributed by atoms with E-state index in [-0.39, 0.29) is 0 Å². The SMILES string of the molecule is COc1ccc(CCOCC2CCCN2)cc1. The Hall–Kier alpha value is -1.06. The maximum absolute atomic E-state index is 5.68. The molecule has 1 N–H and O–H groups in total. The third kappa shape index (κ3) is 4.02. The fourth-order valence-electron chi connectivity index (χ4n) is 2.11. The van der Waals surface area contributed by atoms with Gasteiger partial charge in [-0.25, -0.2) is 0 Å². The first-order chi connectivity index (χ1) is 8.38. The van der Waals surface area contributed by atoms with E-state index in [1.165, 1.54) is 18.4 Å². The fourth-order valence-corrected chi connectivity index (χ4v) is 2.11. The van der Waals surface area contributed by atoms with Crippen LogP contribution in [0.25, 0.3) is 0 Å². The zero-order valence-electron chi connectivity index (χ0n) is 10.4. The zero-order chi connectivity index (χ0) is 11.9. The predicted molar refractivity (Wildman–Crippen MR) is 68.5 cm³/mol. The van der Waals surface area contributed by atoms with E-state index in [1.54, 1.807) is 7.11 Å². The number of hydrogen-bond acceptors (Lipinski definition) is 3. The molecular weight excluding hydrogens is 214 g/mol. The summed E-state index contributed by atoms with van der Waals surface area (Å²) in [5.41, 5.74) is 1.30. The second-order valence-corrected chi connectivity index (χ2v) is 4.47. The Morgan fingerprint density at radius 3 is 2.76 bits per heavy atom. The highest BCUT2D eigenvalue weighted by Gasteiger charge is 2.13. The summed E-state index contributed by atoms with van der Waals surface area (Å²) in [6.45, 7) is 2.78. The molecule has 0 amide bonds. The molecule has 0 aliphatic carbocycles. The average Bonchev–Trinajstić information content (AvgIpc) is 2.88. The van der Waals surface area contributed by atoms with E-state index in [0.717, 1.165) is 31.9 Å². The van der Waals surface area contributed by atoms with Crippen LogP contribution in [0.5, 0.6) is 5.75 Å². The molecule has 2 rings (SSSR count). The van der Waals surface area contributed by atoms with Gasteiger partial charge in [-0.05, 0) is 43.5 Å². The van der Waals surface area contributed by atoms with Crippen LogP contribution < -0.4 is 10.1 Å². The molecule has 1 unspecified atom stereocenters. The highest BCUT2D eigenvalue weighted by Crippen LogP contribution is 2.12. The van der Waals surface area contributed by atoms with Crippen LogP contribution in [0.4, 0.5) is 0 Å². The predicted octanol–water partition coefficient (Wildman–Crippen LogP) is 2.01. The molecule has 3 nitrogen and oxygen atoms in total. The van der Waals surface area contributed by atoms with Crippen LogP contribution in [0.2, 0.25) is 0 Å². The molecule has 0 saturated carbocycles. The summed E-state index contributed by atoms with van der Waals surface area (Å²) < 4.78 is 10.8. The van der Waals surface area contributed by atoms with Gasteiger partial charge in [-0.1, -0.05) is 12.1 Å². The van der Waals surface area contributed by atoms with Gasteiger partial charge in [0.05, 0.1) is 20.3 Å². The van der Waals surface area contributed by atoms with Crippen molar-refractivity contribution in [1.82, 2.24) is 5.32 Å². The number of hydrogen-bond donors (Lipinski definition) is 1. The Morgan fingerprint density at radius 1 is 1.29 bits per heavy atom. The summed E-state index contributed by atoms with van der Waals surface area (Å²) in [5.74, 6) is 0.907. The van der Waals surface area contributed by atoms with Gasteiger partial charge in [0.1, 0.15) is 5.75 Å². The molecule has 0 aromatic heterocycles. The number of methoxy groups -OCH3 is 1. The molecule has 0 radical (unpaired) electrons. The van der Waals surface area contributed by atoms with Crippen molar-refractivity contribution in [2.75, 3.05) is 26.9 Å². The summed E-state index contributed by atoms with van der Waals surface area (Å²) in [6.07, 6.45) is 3.51. The van der Waals surface area contributed by atoms with Crippen LogP contribution in [-0.2, 0) is 11.2 Å². The smallest absolute Gasteiger partial charge is 0.118 e. The van der Waals surface area contributed by atoms with Gasteiger partial charge >= 0.3 is 0 Å². The van der Waals surface area contributed by atoms with Crippen LogP contribution in [0, 0.1) is 0 Å². The normalized spacial score (nSPS) is 19.5. The molecule has 0 spiro atoms. The van der Waals surface area contributed by atoms with E-state index in [1.807, 2.05) is 12.1 Å². The molecule has 3 heteroatoms. The Morgan fingerprint density at radius 2 is 2.12 bits per heavy atom. The summed E-state index contributed by atoms with van der Waals surface area (Å²) in [6, 6.07) is 8.75. The summed E-state index contributed by atoms with van der Waals surface area (Å²) in [5, 5.41) is 3.43. The molecule has 1 aliphatic rings. The lowest BCUT2D eigenvalue weighted by Crippen LogP contribution is -2.27. The Labute approximate surface area is 103 Å². The minimum absolute atomic E-state index is 0.575. The minimum Gasteiger partial charge on any atom is -0.497 e. The third-order valence-corrected chi connectivity index (χ3v) is 3.18. The first-order valence-electron chi connectivity index (χ1n) is 6.32. The number of rotatable bonds is 6. The van der Waals surface area contributed by atoms with Gasteiger partial charge in [0.2, 0.25) is 0 Å². The summed E-state index contributed by atoms with van der Waals surface area (Å²) >= 11 is 0. The number of ether oxygens (including phenoxy) is 2. The molecular formula is C14H21NO2. The fraction of sp³-hybridized carbons (Fsp3) is 0.571. The first-order valence-corrected chi connectivity index (χ1v) is 6.32. The van der Waals surface area contributed by atoms with Crippen molar-refractivity contribution in [2.45, 2.75) is 25.3 Å². The second kappa shape index (κ2) is 6.62. The van der Waals surface area contributed by atoms with Gasteiger partial charge in [-0.15, -0.1) is 0 Å². The molecule has 17 heavy (non-hydrogen) atoms. The highest BCUT2D eigenvalue weighted by molar-refractivity contribution is 5.27. The van der Waals surface area contributed by atoms with Crippen LogP contribution in [0.1, 0.15) is 18.4 Å².